The number of benzene rings is 1. The predicted octanol–water partition coefficient (Wildman–Crippen LogP) is 1.31. The van der Waals surface area contributed by atoms with Gasteiger partial charge >= 0.3 is 0 Å². The van der Waals surface area contributed by atoms with E-state index in [2.05, 4.69) is 0 Å². The number of hydrogen-bond acceptors (Lipinski definition) is 3. The Morgan fingerprint density at radius 3 is 2.75 bits per heavy atom. The maximum Gasteiger partial charge on any atom is 0.225 e. The summed E-state index contributed by atoms with van der Waals surface area (Å²) in [5.74, 6) is 0.322. The number of carbonyl (C=O) groups is 1. The molecule has 4 heteroatoms. The number of aromatic hydroxyl groups is 1. The number of nitrogens with zero attached hydrogens (tertiary/aromatic N) is 1. The van der Waals surface area contributed by atoms with Crippen molar-refractivity contribution in [2.75, 3.05) is 20.3 Å². The van der Waals surface area contributed by atoms with Gasteiger partial charge in [0.15, 0.2) is 0 Å². The van der Waals surface area contributed by atoms with Gasteiger partial charge in [0.25, 0.3) is 0 Å². The topological polar surface area (TPSA) is 49.8 Å². The third kappa shape index (κ3) is 2.17. The third-order valence-electron chi connectivity index (χ3n) is 2.87. The minimum absolute atomic E-state index is 0.0596. The molecule has 1 saturated heterocycles. The highest BCUT2D eigenvalue weighted by Gasteiger charge is 2.24. The molecule has 0 spiro atoms. The molecule has 16 heavy (non-hydrogen) atoms. The van der Waals surface area contributed by atoms with Crippen LogP contribution in [0, 0.1) is 0 Å². The van der Waals surface area contributed by atoms with Gasteiger partial charge < -0.3 is 14.7 Å². The van der Waals surface area contributed by atoms with Crippen molar-refractivity contribution in [3.05, 3.63) is 29.8 Å². The fourth-order valence-corrected chi connectivity index (χ4v) is 1.83. The zero-order chi connectivity index (χ0) is 11.5. The smallest absolute Gasteiger partial charge is 0.225 e. The van der Waals surface area contributed by atoms with E-state index in [-0.39, 0.29) is 17.7 Å². The molecule has 1 aromatic rings. The van der Waals surface area contributed by atoms with Crippen LogP contribution >= 0.6 is 0 Å². The first-order valence-corrected chi connectivity index (χ1v) is 5.31. The Hall–Kier alpha value is -1.55. The molecule has 1 fully saturated rings. The predicted molar refractivity (Wildman–Crippen MR) is 59.1 cm³/mol. The van der Waals surface area contributed by atoms with Crippen LogP contribution in [0.25, 0.3) is 0 Å². The molecule has 1 amide bonds. The zero-order valence-corrected chi connectivity index (χ0v) is 9.22. The molecule has 0 radical (unpaired) electrons. The normalized spacial score (nSPS) is 21.9. The lowest BCUT2D eigenvalue weighted by Gasteiger charge is -2.25. The van der Waals surface area contributed by atoms with Gasteiger partial charge in [-0.15, -0.1) is 0 Å². The van der Waals surface area contributed by atoms with E-state index in [9.17, 15) is 9.90 Å². The fourth-order valence-electron chi connectivity index (χ4n) is 1.83. The Bertz CT molecular complexity index is 374. The first kappa shape index (κ1) is 11.0. The van der Waals surface area contributed by atoms with Crippen molar-refractivity contribution in [2.24, 2.45) is 0 Å². The lowest BCUT2D eigenvalue weighted by atomic mass is 10.1. The standard InChI is InChI=1S/C12H15NO3/c1-13-11(8-16-7-6-12(13)15)9-2-4-10(14)5-3-9/h2-5,11,14H,6-8H2,1H3. The average Bonchev–Trinajstić information content (AvgIpc) is 2.44. The molecule has 0 aromatic heterocycles. The fraction of sp³-hybridized carbons (Fsp3) is 0.417. The summed E-state index contributed by atoms with van der Waals surface area (Å²) in [5, 5.41) is 9.22. The highest BCUT2D eigenvalue weighted by molar-refractivity contribution is 5.76. The summed E-state index contributed by atoms with van der Waals surface area (Å²) in [4.78, 5) is 13.4. The molecule has 1 aliphatic rings. The number of amides is 1. The number of likely N-dealkylation sites (N-methyl/N-ethyl adjacent to an activating group) is 1. The minimum atomic E-state index is -0.0596. The molecule has 86 valence electrons. The van der Waals surface area contributed by atoms with E-state index in [0.717, 1.165) is 5.56 Å². The molecule has 0 bridgehead atoms. The Morgan fingerprint density at radius 2 is 2.06 bits per heavy atom. The molecule has 1 aromatic carbocycles. The van der Waals surface area contributed by atoms with Gasteiger partial charge in [-0.2, -0.15) is 0 Å². The van der Waals surface area contributed by atoms with E-state index >= 15 is 0 Å². The zero-order valence-electron chi connectivity index (χ0n) is 9.22. The van der Waals surface area contributed by atoms with Crippen LogP contribution in [-0.4, -0.2) is 36.2 Å². The number of rotatable bonds is 1. The maximum absolute atomic E-state index is 11.7. The number of ether oxygens (including phenoxy) is 1. The molecule has 1 unspecified atom stereocenters. The molecule has 0 saturated carbocycles. The lowest BCUT2D eigenvalue weighted by Crippen LogP contribution is -2.31. The highest BCUT2D eigenvalue weighted by Crippen LogP contribution is 2.24. The highest BCUT2D eigenvalue weighted by atomic mass is 16.5. The molecule has 4 nitrogen and oxygen atoms in total. The van der Waals surface area contributed by atoms with Crippen LogP contribution in [0.15, 0.2) is 24.3 Å². The van der Waals surface area contributed by atoms with Crippen molar-refractivity contribution >= 4 is 5.91 Å². The molecule has 1 atom stereocenters. The van der Waals surface area contributed by atoms with Gasteiger partial charge in [-0.05, 0) is 17.7 Å². The van der Waals surface area contributed by atoms with Crippen molar-refractivity contribution < 1.29 is 14.6 Å². The van der Waals surface area contributed by atoms with Crippen LogP contribution in [0.5, 0.6) is 5.75 Å². The third-order valence-corrected chi connectivity index (χ3v) is 2.87. The number of carbonyl (C=O) groups excluding carboxylic acids is 1. The van der Waals surface area contributed by atoms with Crippen LogP contribution in [0.1, 0.15) is 18.0 Å². The Labute approximate surface area is 94.4 Å². The summed E-state index contributed by atoms with van der Waals surface area (Å²) < 4.78 is 5.41. The van der Waals surface area contributed by atoms with E-state index in [1.54, 1.807) is 24.1 Å². The summed E-state index contributed by atoms with van der Waals surface area (Å²) in [6.45, 7) is 0.991. The van der Waals surface area contributed by atoms with E-state index in [0.29, 0.717) is 19.6 Å². The Kier molecular flexibility index (Phi) is 3.10. The summed E-state index contributed by atoms with van der Waals surface area (Å²) in [5.41, 5.74) is 0.982. The quantitative estimate of drug-likeness (QED) is 0.778. The minimum Gasteiger partial charge on any atom is -0.508 e. The van der Waals surface area contributed by atoms with E-state index in [1.165, 1.54) is 0 Å². The molecule has 0 aliphatic carbocycles. The summed E-state index contributed by atoms with van der Waals surface area (Å²) in [7, 11) is 1.79. The summed E-state index contributed by atoms with van der Waals surface area (Å²) in [6, 6.07) is 6.82. The van der Waals surface area contributed by atoms with Crippen LogP contribution in [0.3, 0.4) is 0 Å². The van der Waals surface area contributed by atoms with Crippen LogP contribution < -0.4 is 0 Å². The van der Waals surface area contributed by atoms with Crippen molar-refractivity contribution in [3.8, 4) is 5.75 Å². The van der Waals surface area contributed by atoms with E-state index in [4.69, 9.17) is 4.74 Å². The molecule has 1 heterocycles. The molecule has 1 N–H and O–H groups in total. The Balaban J connectivity index is 2.23. The van der Waals surface area contributed by atoms with Gasteiger partial charge in [-0.25, -0.2) is 0 Å². The van der Waals surface area contributed by atoms with Gasteiger partial charge in [0.05, 0.1) is 25.7 Å². The lowest BCUT2D eigenvalue weighted by molar-refractivity contribution is -0.131. The number of phenolic OH excluding ortho intramolecular Hbond substituents is 1. The molecule has 2 rings (SSSR count). The van der Waals surface area contributed by atoms with Gasteiger partial charge in [0.1, 0.15) is 5.75 Å². The van der Waals surface area contributed by atoms with Crippen molar-refractivity contribution in [3.63, 3.8) is 0 Å². The van der Waals surface area contributed by atoms with Crippen LogP contribution in [-0.2, 0) is 9.53 Å². The van der Waals surface area contributed by atoms with Gasteiger partial charge in [-0.3, -0.25) is 4.79 Å². The van der Waals surface area contributed by atoms with E-state index in [1.807, 2.05) is 12.1 Å². The van der Waals surface area contributed by atoms with Crippen LogP contribution in [0.2, 0.25) is 0 Å². The summed E-state index contributed by atoms with van der Waals surface area (Å²) in [6.07, 6.45) is 0.436. The maximum atomic E-state index is 11.7. The average molecular weight is 221 g/mol. The monoisotopic (exact) mass is 221 g/mol. The van der Waals surface area contributed by atoms with Gasteiger partial charge in [0, 0.05) is 7.05 Å². The van der Waals surface area contributed by atoms with Gasteiger partial charge in [-0.1, -0.05) is 12.1 Å². The second-order valence-corrected chi connectivity index (χ2v) is 3.94. The van der Waals surface area contributed by atoms with Gasteiger partial charge in [0.2, 0.25) is 5.91 Å². The van der Waals surface area contributed by atoms with E-state index < -0.39 is 0 Å². The summed E-state index contributed by atoms with van der Waals surface area (Å²) >= 11 is 0. The number of phenols is 1. The number of hydrogen-bond donors (Lipinski definition) is 1. The largest absolute Gasteiger partial charge is 0.508 e. The molecular weight excluding hydrogens is 206 g/mol. The van der Waals surface area contributed by atoms with Crippen molar-refractivity contribution in [1.82, 2.24) is 4.90 Å². The second kappa shape index (κ2) is 4.53. The first-order chi connectivity index (χ1) is 7.68. The van der Waals surface area contributed by atoms with Crippen molar-refractivity contribution in [2.45, 2.75) is 12.5 Å². The molecular formula is C12H15NO3. The SMILES string of the molecule is CN1C(=O)CCOCC1c1ccc(O)cc1. The second-order valence-electron chi connectivity index (χ2n) is 3.94. The Morgan fingerprint density at radius 1 is 1.38 bits per heavy atom. The first-order valence-electron chi connectivity index (χ1n) is 5.31. The van der Waals surface area contributed by atoms with Crippen molar-refractivity contribution in [1.29, 1.82) is 0 Å². The van der Waals surface area contributed by atoms with Crippen LogP contribution in [0.4, 0.5) is 0 Å². The molecule has 1 aliphatic heterocycles.